The lowest BCUT2D eigenvalue weighted by Gasteiger charge is -2.17. The van der Waals surface area contributed by atoms with Gasteiger partial charge in [-0.3, -0.25) is 4.79 Å². The summed E-state index contributed by atoms with van der Waals surface area (Å²) in [5.41, 5.74) is 0.627. The Bertz CT molecular complexity index is 679. The summed E-state index contributed by atoms with van der Waals surface area (Å²) in [6.45, 7) is 0. The lowest BCUT2D eigenvalue weighted by Crippen LogP contribution is -2.26. The predicted octanol–water partition coefficient (Wildman–Crippen LogP) is 1.75. The van der Waals surface area contributed by atoms with Crippen LogP contribution in [0, 0.1) is 17.8 Å². The molecule has 0 aliphatic heterocycles. The van der Waals surface area contributed by atoms with Crippen LogP contribution in [0.4, 0.5) is 5.69 Å². The fourth-order valence-corrected chi connectivity index (χ4v) is 3.88. The van der Waals surface area contributed by atoms with E-state index in [0.29, 0.717) is 17.5 Å². The Morgan fingerprint density at radius 2 is 1.86 bits per heavy atom. The number of anilines is 1. The second kappa shape index (κ2) is 5.27. The minimum atomic E-state index is -3.44. The van der Waals surface area contributed by atoms with Crippen molar-refractivity contribution in [2.75, 3.05) is 12.4 Å². The number of hydrogen-bond donors (Lipinski definition) is 2. The number of benzene rings is 1. The third-order valence-corrected chi connectivity index (χ3v) is 5.75. The largest absolute Gasteiger partial charge is 0.326 e. The topological polar surface area (TPSA) is 75.3 Å². The summed E-state index contributed by atoms with van der Waals surface area (Å²) in [6, 6.07) is 6.21. The first-order valence-electron chi connectivity index (χ1n) is 7.02. The molecule has 1 aromatic carbocycles. The van der Waals surface area contributed by atoms with Gasteiger partial charge in [-0.2, -0.15) is 0 Å². The van der Waals surface area contributed by atoms with Gasteiger partial charge in [0.15, 0.2) is 0 Å². The van der Waals surface area contributed by atoms with Crippen LogP contribution in [0.2, 0.25) is 0 Å². The lowest BCUT2D eigenvalue weighted by atomic mass is 9.93. The molecule has 1 saturated carbocycles. The Kier molecular flexibility index (Phi) is 3.59. The van der Waals surface area contributed by atoms with E-state index >= 15 is 0 Å². The van der Waals surface area contributed by atoms with Crippen LogP contribution in [0.1, 0.15) is 12.8 Å². The van der Waals surface area contributed by atoms with E-state index in [0.717, 1.165) is 12.8 Å². The number of amides is 1. The molecule has 3 atom stereocenters. The van der Waals surface area contributed by atoms with Gasteiger partial charge in [-0.05, 0) is 56.0 Å². The number of nitrogens with one attached hydrogen (secondary N) is 2. The van der Waals surface area contributed by atoms with Crippen molar-refractivity contribution in [3.05, 3.63) is 36.4 Å². The Hall–Kier alpha value is -1.66. The first kappa shape index (κ1) is 14.3. The monoisotopic (exact) mass is 306 g/mol. The van der Waals surface area contributed by atoms with Gasteiger partial charge in [0.2, 0.25) is 15.9 Å². The van der Waals surface area contributed by atoms with E-state index in [-0.39, 0.29) is 16.7 Å². The zero-order chi connectivity index (χ0) is 15.0. The van der Waals surface area contributed by atoms with Crippen LogP contribution in [0.25, 0.3) is 0 Å². The van der Waals surface area contributed by atoms with Gasteiger partial charge in [0, 0.05) is 11.6 Å². The molecule has 21 heavy (non-hydrogen) atoms. The minimum absolute atomic E-state index is 0.0241. The zero-order valence-electron chi connectivity index (χ0n) is 11.7. The van der Waals surface area contributed by atoms with Crippen LogP contribution in [0.3, 0.4) is 0 Å². The van der Waals surface area contributed by atoms with E-state index < -0.39 is 10.0 Å². The highest BCUT2D eigenvalue weighted by atomic mass is 32.2. The first-order valence-corrected chi connectivity index (χ1v) is 8.51. The van der Waals surface area contributed by atoms with Gasteiger partial charge in [-0.15, -0.1) is 0 Å². The lowest BCUT2D eigenvalue weighted by molar-refractivity contribution is -0.120. The zero-order valence-corrected chi connectivity index (χ0v) is 12.6. The average molecular weight is 306 g/mol. The molecule has 112 valence electrons. The van der Waals surface area contributed by atoms with Gasteiger partial charge in [0.1, 0.15) is 0 Å². The van der Waals surface area contributed by atoms with Gasteiger partial charge >= 0.3 is 0 Å². The van der Waals surface area contributed by atoms with Crippen molar-refractivity contribution in [2.24, 2.45) is 17.8 Å². The van der Waals surface area contributed by atoms with Crippen LogP contribution in [0.15, 0.2) is 41.3 Å². The summed E-state index contributed by atoms with van der Waals surface area (Å²) in [5, 5.41) is 2.88. The minimum Gasteiger partial charge on any atom is -0.326 e. The Morgan fingerprint density at radius 1 is 1.14 bits per heavy atom. The third kappa shape index (κ3) is 2.73. The molecular weight excluding hydrogens is 288 g/mol. The summed E-state index contributed by atoms with van der Waals surface area (Å²) in [6.07, 6.45) is 6.34. The van der Waals surface area contributed by atoms with E-state index in [1.54, 1.807) is 12.1 Å². The number of sulfonamides is 1. The van der Waals surface area contributed by atoms with Crippen LogP contribution in [-0.4, -0.2) is 21.4 Å². The Labute approximate surface area is 124 Å². The van der Waals surface area contributed by atoms with E-state index in [4.69, 9.17) is 0 Å². The smallest absolute Gasteiger partial charge is 0.240 e. The van der Waals surface area contributed by atoms with Crippen molar-refractivity contribution >= 4 is 21.6 Å². The predicted molar refractivity (Wildman–Crippen MR) is 80.2 cm³/mol. The summed E-state index contributed by atoms with van der Waals surface area (Å²) >= 11 is 0. The normalized spacial score (nSPS) is 27.0. The van der Waals surface area contributed by atoms with E-state index in [1.807, 2.05) is 0 Å². The molecule has 2 aliphatic carbocycles. The quantitative estimate of drug-likeness (QED) is 0.832. The molecule has 2 aliphatic rings. The molecule has 6 heteroatoms. The molecule has 3 rings (SSSR count). The van der Waals surface area contributed by atoms with Crippen molar-refractivity contribution in [3.8, 4) is 0 Å². The SMILES string of the molecule is CNS(=O)(=O)c1ccc(NC(=O)[C@@H]2C[C@H]3C=C[C@H]2C3)cc1. The second-order valence-electron chi connectivity index (χ2n) is 5.61. The highest BCUT2D eigenvalue weighted by Gasteiger charge is 2.39. The summed E-state index contributed by atoms with van der Waals surface area (Å²) in [7, 11) is -2.07. The average Bonchev–Trinajstić information content (AvgIpc) is 3.10. The number of fused-ring (bicyclic) bond motifs is 2. The summed E-state index contributed by atoms with van der Waals surface area (Å²) in [5.74, 6) is 0.977. The van der Waals surface area contributed by atoms with Gasteiger partial charge in [-0.25, -0.2) is 13.1 Å². The van der Waals surface area contributed by atoms with Crippen molar-refractivity contribution in [1.82, 2.24) is 4.72 Å². The van der Waals surface area contributed by atoms with Crippen LogP contribution in [0.5, 0.6) is 0 Å². The maximum absolute atomic E-state index is 12.3. The first-order chi connectivity index (χ1) is 9.99. The number of rotatable bonds is 4. The number of carbonyl (C=O) groups is 1. The highest BCUT2D eigenvalue weighted by Crippen LogP contribution is 2.43. The molecule has 2 N–H and O–H groups in total. The molecule has 2 bridgehead atoms. The van der Waals surface area contributed by atoms with Crippen LogP contribution >= 0.6 is 0 Å². The Morgan fingerprint density at radius 3 is 2.38 bits per heavy atom. The molecule has 0 aromatic heterocycles. The molecule has 1 amide bonds. The molecule has 0 spiro atoms. The number of allylic oxidation sites excluding steroid dienone is 2. The fraction of sp³-hybridized carbons (Fsp3) is 0.400. The number of hydrogen-bond acceptors (Lipinski definition) is 3. The van der Waals surface area contributed by atoms with E-state index in [9.17, 15) is 13.2 Å². The van der Waals surface area contributed by atoms with Crippen molar-refractivity contribution in [3.63, 3.8) is 0 Å². The second-order valence-corrected chi connectivity index (χ2v) is 7.49. The van der Waals surface area contributed by atoms with Gasteiger partial charge in [0.05, 0.1) is 4.90 Å². The van der Waals surface area contributed by atoms with Crippen LogP contribution in [-0.2, 0) is 14.8 Å². The molecule has 1 aromatic rings. The maximum Gasteiger partial charge on any atom is 0.240 e. The van der Waals surface area contributed by atoms with Crippen molar-refractivity contribution in [1.29, 1.82) is 0 Å². The molecule has 0 heterocycles. The highest BCUT2D eigenvalue weighted by molar-refractivity contribution is 7.89. The summed E-state index contributed by atoms with van der Waals surface area (Å²) < 4.78 is 25.5. The molecule has 1 fully saturated rings. The maximum atomic E-state index is 12.3. The van der Waals surface area contributed by atoms with E-state index in [2.05, 4.69) is 22.2 Å². The van der Waals surface area contributed by atoms with Crippen LogP contribution < -0.4 is 10.0 Å². The fourth-order valence-electron chi connectivity index (χ4n) is 3.15. The third-order valence-electron chi connectivity index (χ3n) is 4.32. The summed E-state index contributed by atoms with van der Waals surface area (Å²) in [4.78, 5) is 12.5. The Balaban J connectivity index is 1.68. The molecule has 0 unspecified atom stereocenters. The molecule has 0 radical (unpaired) electrons. The molecule has 5 nitrogen and oxygen atoms in total. The standard InChI is InChI=1S/C15H18N2O3S/c1-16-21(19,20)13-6-4-12(5-7-13)17-15(18)14-9-10-2-3-11(14)8-10/h2-7,10-11,14,16H,8-9H2,1H3,(H,17,18)/t10-,11-,14+/m0/s1. The molecular formula is C15H18N2O3S. The van der Waals surface area contributed by atoms with Crippen molar-refractivity contribution < 1.29 is 13.2 Å². The molecule has 0 saturated heterocycles. The van der Waals surface area contributed by atoms with Gasteiger partial charge in [0.25, 0.3) is 0 Å². The van der Waals surface area contributed by atoms with Gasteiger partial charge < -0.3 is 5.32 Å². The van der Waals surface area contributed by atoms with Gasteiger partial charge in [-0.1, -0.05) is 12.2 Å². The van der Waals surface area contributed by atoms with Crippen molar-refractivity contribution in [2.45, 2.75) is 17.7 Å². The number of carbonyl (C=O) groups excluding carboxylic acids is 1. The van der Waals surface area contributed by atoms with E-state index in [1.165, 1.54) is 19.2 Å².